The molecule has 424 valence electrons. The minimum absolute atomic E-state index is 0.0831. The van der Waals surface area contributed by atoms with E-state index in [2.05, 4.69) is 9.47 Å². The largest absolute Gasteiger partial charge is 0.573 e. The third kappa shape index (κ3) is 11.0. The number of nitrogens with zero attached hydrogens (tertiary/aromatic N) is 2. The summed E-state index contributed by atoms with van der Waals surface area (Å²) in [5.74, 6) is -5.67. The van der Waals surface area contributed by atoms with Gasteiger partial charge in [0, 0.05) is 11.1 Å². The van der Waals surface area contributed by atoms with Gasteiger partial charge >= 0.3 is 12.7 Å². The zero-order valence-corrected chi connectivity index (χ0v) is 46.2. The van der Waals surface area contributed by atoms with Crippen molar-refractivity contribution in [2.24, 2.45) is 0 Å². The lowest BCUT2D eigenvalue weighted by Crippen LogP contribution is -2.44. The zero-order valence-electron chi connectivity index (χ0n) is 44.6. The van der Waals surface area contributed by atoms with Gasteiger partial charge in [0.05, 0.1) is 34.7 Å². The van der Waals surface area contributed by atoms with Crippen molar-refractivity contribution >= 4 is 53.4 Å². The van der Waals surface area contributed by atoms with E-state index >= 15 is 0 Å². The molecule has 2 aliphatic heterocycles. The van der Waals surface area contributed by atoms with Crippen LogP contribution in [0.1, 0.15) is 56.3 Å². The molecule has 10 aromatic carbocycles. The Morgan fingerprint density at radius 1 is 0.417 bits per heavy atom. The van der Waals surface area contributed by atoms with Crippen molar-refractivity contribution in [1.82, 2.24) is 8.61 Å². The number of carbonyl (C=O) groups is 2. The number of para-hydroxylation sites is 2. The van der Waals surface area contributed by atoms with E-state index in [0.717, 1.165) is 53.8 Å². The first-order valence-electron chi connectivity index (χ1n) is 26.2. The Kier molecular flexibility index (Phi) is 14.9. The van der Waals surface area contributed by atoms with Crippen molar-refractivity contribution in [3.8, 4) is 33.8 Å². The van der Waals surface area contributed by atoms with Crippen molar-refractivity contribution in [3.05, 3.63) is 263 Å². The van der Waals surface area contributed by atoms with Gasteiger partial charge in [-0.2, -0.15) is 0 Å². The van der Waals surface area contributed by atoms with Gasteiger partial charge in [-0.15, -0.1) is 26.3 Å². The normalized spacial score (nSPS) is 15.5. The van der Waals surface area contributed by atoms with Crippen LogP contribution in [0.2, 0.25) is 0 Å². The predicted octanol–water partition coefficient (Wildman–Crippen LogP) is 15.2. The number of ether oxygens (including phenoxy) is 2. The molecular weight excluding hydrogens is 1130 g/mol. The molecule has 0 saturated carbocycles. The average molecular weight is 1180 g/mol. The average Bonchev–Trinajstić information content (AvgIpc) is 0.999. The molecule has 0 saturated heterocycles. The lowest BCUT2D eigenvalue weighted by atomic mass is 9.78. The van der Waals surface area contributed by atoms with E-state index < -0.39 is 67.9 Å². The molecular formula is C66H48F6N2O8S2. The smallest absolute Gasteiger partial charge is 0.405 e. The van der Waals surface area contributed by atoms with E-state index in [4.69, 9.17) is 0 Å². The second-order valence-electron chi connectivity index (χ2n) is 20.2. The summed E-state index contributed by atoms with van der Waals surface area (Å²) in [6.45, 7) is 3.03. The van der Waals surface area contributed by atoms with E-state index in [0.29, 0.717) is 44.2 Å². The molecule has 0 unspecified atom stereocenters. The van der Waals surface area contributed by atoms with Crippen LogP contribution < -0.4 is 9.47 Å². The fourth-order valence-electron chi connectivity index (χ4n) is 11.1. The quantitative estimate of drug-likeness (QED) is 0.124. The number of sulfonamides is 2. The maximum absolute atomic E-state index is 14.4. The maximum Gasteiger partial charge on any atom is 0.573 e. The van der Waals surface area contributed by atoms with Crippen LogP contribution in [0.25, 0.3) is 43.8 Å². The Hall–Kier alpha value is -9.26. The highest BCUT2D eigenvalue weighted by Gasteiger charge is 2.47. The summed E-state index contributed by atoms with van der Waals surface area (Å²) < 4.78 is 148. The second kappa shape index (κ2) is 22.1. The Labute approximate surface area is 479 Å². The SMILES string of the molecule is Cc1ccc(S(=O)(=O)N2Cc3c(-c4ccccc4)cc4ccccc4c3[C@@H](c3ccccc3OC(F)(F)F)C2=O)cc1.Cc1ccc(S(=O)(=O)N2Cc3c(-c4ccccc4)cc4ccccc4c3[C@H](c3ccccc3OC(F)(F)F)C2=O)cc1. The highest BCUT2D eigenvalue weighted by molar-refractivity contribution is 7.90. The van der Waals surface area contributed by atoms with Crippen LogP contribution >= 0.6 is 0 Å². The summed E-state index contributed by atoms with van der Waals surface area (Å²) in [5, 5.41) is 2.80. The Morgan fingerprint density at radius 3 is 1.10 bits per heavy atom. The number of amides is 2. The van der Waals surface area contributed by atoms with Crippen molar-refractivity contribution in [2.75, 3.05) is 0 Å². The number of alkyl halides is 6. The van der Waals surface area contributed by atoms with E-state index in [1.807, 2.05) is 111 Å². The summed E-state index contributed by atoms with van der Waals surface area (Å²) in [4.78, 5) is 28.6. The fourth-order valence-corrected chi connectivity index (χ4v) is 13.8. The number of hydrogen-bond donors (Lipinski definition) is 0. The van der Waals surface area contributed by atoms with Crippen LogP contribution in [0.5, 0.6) is 11.5 Å². The monoisotopic (exact) mass is 1170 g/mol. The van der Waals surface area contributed by atoms with Gasteiger partial charge in [0.1, 0.15) is 11.5 Å². The molecule has 0 fully saturated rings. The van der Waals surface area contributed by atoms with Crippen molar-refractivity contribution < 1.29 is 62.2 Å². The molecule has 0 spiro atoms. The van der Waals surface area contributed by atoms with Crippen LogP contribution in [-0.2, 0) is 42.7 Å². The number of rotatable bonds is 10. The summed E-state index contributed by atoms with van der Waals surface area (Å²) in [6.07, 6.45) is -10.1. The van der Waals surface area contributed by atoms with Gasteiger partial charge in [0.15, 0.2) is 0 Å². The van der Waals surface area contributed by atoms with E-state index in [1.165, 1.54) is 60.7 Å². The minimum Gasteiger partial charge on any atom is -0.405 e. The van der Waals surface area contributed by atoms with E-state index in [-0.39, 0.29) is 34.0 Å². The molecule has 12 rings (SSSR count). The van der Waals surface area contributed by atoms with Crippen LogP contribution in [0.4, 0.5) is 26.3 Å². The van der Waals surface area contributed by atoms with Gasteiger partial charge in [0.25, 0.3) is 20.0 Å². The molecule has 84 heavy (non-hydrogen) atoms. The van der Waals surface area contributed by atoms with E-state index in [1.54, 1.807) is 48.5 Å². The highest BCUT2D eigenvalue weighted by atomic mass is 32.2. The molecule has 0 bridgehead atoms. The molecule has 2 atom stereocenters. The molecule has 2 aliphatic rings. The molecule has 0 N–H and O–H groups in total. The van der Waals surface area contributed by atoms with Gasteiger partial charge in [-0.05, 0) is 128 Å². The first-order valence-corrected chi connectivity index (χ1v) is 29.1. The standard InChI is InChI=1S/2C33H24F3NO4S/c2*1-21-15-17-24(18-16-21)42(39,40)37-20-28-27(22-9-3-2-4-10-22)19-23-11-5-6-12-25(23)30(28)31(32(37)38)26-13-7-8-14-29(26)41-33(34,35)36/h2*2-19,31H,20H2,1H3/t2*31-/m10/s1. The van der Waals surface area contributed by atoms with Gasteiger partial charge in [-0.3, -0.25) is 9.59 Å². The lowest BCUT2D eigenvalue weighted by Gasteiger charge is -2.36. The Morgan fingerprint density at radius 2 is 0.738 bits per heavy atom. The summed E-state index contributed by atoms with van der Waals surface area (Å²) in [7, 11) is -8.78. The van der Waals surface area contributed by atoms with Crippen molar-refractivity contribution in [2.45, 2.75) is 61.3 Å². The molecule has 0 aromatic heterocycles. The number of fused-ring (bicyclic) bond motifs is 6. The van der Waals surface area contributed by atoms with Gasteiger partial charge in [-0.1, -0.05) is 181 Å². The first kappa shape index (κ1) is 56.6. The minimum atomic E-state index is -5.03. The maximum atomic E-state index is 14.4. The molecule has 0 aliphatic carbocycles. The third-order valence-corrected chi connectivity index (χ3v) is 18.4. The molecule has 0 radical (unpaired) electrons. The van der Waals surface area contributed by atoms with Gasteiger partial charge in [0.2, 0.25) is 11.8 Å². The number of aryl methyl sites for hydroxylation is 2. The molecule has 10 nitrogen and oxygen atoms in total. The van der Waals surface area contributed by atoms with Crippen LogP contribution in [0.3, 0.4) is 0 Å². The second-order valence-corrected chi connectivity index (χ2v) is 23.9. The molecule has 2 heterocycles. The predicted molar refractivity (Wildman–Crippen MR) is 307 cm³/mol. The summed E-state index contributed by atoms with van der Waals surface area (Å²) >= 11 is 0. The van der Waals surface area contributed by atoms with Crippen LogP contribution in [0.15, 0.2) is 228 Å². The Bertz CT molecular complexity index is 4130. The number of halogens is 6. The van der Waals surface area contributed by atoms with Crippen molar-refractivity contribution in [1.29, 1.82) is 0 Å². The molecule has 18 heteroatoms. The number of hydrogen-bond acceptors (Lipinski definition) is 8. The summed E-state index contributed by atoms with van der Waals surface area (Å²) in [5.41, 5.74) is 6.37. The van der Waals surface area contributed by atoms with Gasteiger partial charge in [-0.25, -0.2) is 25.4 Å². The Balaban J connectivity index is 0.000000175. The van der Waals surface area contributed by atoms with Crippen LogP contribution in [-0.4, -0.2) is 50.0 Å². The van der Waals surface area contributed by atoms with Gasteiger partial charge < -0.3 is 9.47 Å². The number of carbonyl (C=O) groups excluding carboxylic acids is 2. The highest BCUT2D eigenvalue weighted by Crippen LogP contribution is 2.50. The van der Waals surface area contributed by atoms with Crippen LogP contribution in [0, 0.1) is 13.8 Å². The molecule has 2 amide bonds. The number of benzene rings is 10. The third-order valence-electron chi connectivity index (χ3n) is 14.9. The zero-order chi connectivity index (χ0) is 59.3. The summed E-state index contributed by atoms with van der Waals surface area (Å²) in [6, 6.07) is 59.9. The topological polar surface area (TPSA) is 127 Å². The van der Waals surface area contributed by atoms with Crippen molar-refractivity contribution in [3.63, 3.8) is 0 Å². The van der Waals surface area contributed by atoms with E-state index in [9.17, 15) is 52.8 Å². The molecule has 10 aromatic rings. The first-order chi connectivity index (χ1) is 40.1. The fraction of sp³-hybridized carbons (Fsp3) is 0.121. The lowest BCUT2D eigenvalue weighted by molar-refractivity contribution is -0.276.